The number of rotatable bonds is 7. The van der Waals surface area contributed by atoms with Crippen molar-refractivity contribution >= 4 is 17.7 Å². The van der Waals surface area contributed by atoms with Crippen molar-refractivity contribution in [3.63, 3.8) is 0 Å². The highest BCUT2D eigenvalue weighted by molar-refractivity contribution is 6.05. The third kappa shape index (κ3) is 4.59. The number of hydrogen-bond donors (Lipinski definition) is 1. The van der Waals surface area contributed by atoms with E-state index in [0.717, 1.165) is 12.8 Å². The maximum Gasteiger partial charge on any atom is 0.354 e. The van der Waals surface area contributed by atoms with Crippen LogP contribution >= 0.6 is 0 Å². The van der Waals surface area contributed by atoms with E-state index in [2.05, 4.69) is 4.98 Å². The van der Waals surface area contributed by atoms with Crippen molar-refractivity contribution in [3.05, 3.63) is 58.2 Å². The summed E-state index contributed by atoms with van der Waals surface area (Å²) in [6.07, 6.45) is 1.55. The molecule has 1 saturated heterocycles. The third-order valence-electron chi connectivity index (χ3n) is 5.27. The molecule has 30 heavy (non-hydrogen) atoms. The standard InChI is InChI=1S/C22H25FN2O5/c1-13-19(14(2)24-20(13)22(28)29-3)18(26)12-25(11-17-5-4-10-30-17)21(27)15-6-8-16(23)9-7-15/h6-9,17,24H,4-5,10-12H2,1-3H3. The number of nitrogens with zero attached hydrogens (tertiary/aromatic N) is 1. The van der Waals surface area contributed by atoms with Crippen LogP contribution in [0.4, 0.5) is 4.39 Å². The van der Waals surface area contributed by atoms with Gasteiger partial charge in [-0.25, -0.2) is 9.18 Å². The molecule has 0 bridgehead atoms. The van der Waals surface area contributed by atoms with E-state index in [1.165, 1.54) is 36.3 Å². The second-order valence-corrected chi connectivity index (χ2v) is 7.37. The molecular weight excluding hydrogens is 391 g/mol. The number of hydrogen-bond acceptors (Lipinski definition) is 5. The van der Waals surface area contributed by atoms with Crippen LogP contribution in [0.15, 0.2) is 24.3 Å². The van der Waals surface area contributed by atoms with Crippen molar-refractivity contribution in [2.75, 3.05) is 26.8 Å². The molecule has 1 atom stereocenters. The predicted molar refractivity (Wildman–Crippen MR) is 107 cm³/mol. The fourth-order valence-corrected chi connectivity index (χ4v) is 3.76. The average Bonchev–Trinajstić information content (AvgIpc) is 3.34. The van der Waals surface area contributed by atoms with E-state index in [0.29, 0.717) is 29.0 Å². The number of ketones is 1. The third-order valence-corrected chi connectivity index (χ3v) is 5.27. The zero-order valence-electron chi connectivity index (χ0n) is 17.3. The van der Waals surface area contributed by atoms with E-state index in [1.807, 2.05) is 0 Å². The summed E-state index contributed by atoms with van der Waals surface area (Å²) in [7, 11) is 1.27. The number of methoxy groups -OCH3 is 1. The second-order valence-electron chi connectivity index (χ2n) is 7.37. The largest absolute Gasteiger partial charge is 0.464 e. The van der Waals surface area contributed by atoms with Gasteiger partial charge in [-0.2, -0.15) is 0 Å². The van der Waals surface area contributed by atoms with Crippen LogP contribution in [0.3, 0.4) is 0 Å². The number of amides is 1. The second kappa shape index (κ2) is 9.21. The quantitative estimate of drug-likeness (QED) is 0.554. The first-order valence-electron chi connectivity index (χ1n) is 9.79. The number of benzene rings is 1. The highest BCUT2D eigenvalue weighted by Crippen LogP contribution is 2.21. The molecule has 1 aromatic heterocycles. The summed E-state index contributed by atoms with van der Waals surface area (Å²) >= 11 is 0. The van der Waals surface area contributed by atoms with Gasteiger partial charge in [0.15, 0.2) is 5.78 Å². The van der Waals surface area contributed by atoms with Crippen LogP contribution in [0, 0.1) is 19.7 Å². The molecule has 1 aliphatic rings. The molecule has 1 fully saturated rings. The lowest BCUT2D eigenvalue weighted by molar-refractivity contribution is 0.0506. The van der Waals surface area contributed by atoms with Crippen LogP contribution in [-0.2, 0) is 9.47 Å². The van der Waals surface area contributed by atoms with Crippen molar-refractivity contribution < 1.29 is 28.2 Å². The van der Waals surface area contributed by atoms with E-state index >= 15 is 0 Å². The Bertz CT molecular complexity index is 945. The van der Waals surface area contributed by atoms with Gasteiger partial charge < -0.3 is 19.4 Å². The number of carbonyl (C=O) groups excluding carboxylic acids is 3. The highest BCUT2D eigenvalue weighted by Gasteiger charge is 2.28. The number of ether oxygens (including phenoxy) is 2. The van der Waals surface area contributed by atoms with E-state index < -0.39 is 11.8 Å². The number of esters is 1. The molecule has 8 heteroatoms. The van der Waals surface area contributed by atoms with Gasteiger partial charge in [-0.15, -0.1) is 0 Å². The zero-order valence-corrected chi connectivity index (χ0v) is 17.3. The number of aromatic nitrogens is 1. The molecule has 0 aliphatic carbocycles. The van der Waals surface area contributed by atoms with Crippen molar-refractivity contribution in [2.24, 2.45) is 0 Å². The van der Waals surface area contributed by atoms with Crippen LogP contribution in [-0.4, -0.2) is 60.5 Å². The first kappa shape index (κ1) is 21.7. The number of carbonyl (C=O) groups is 3. The van der Waals surface area contributed by atoms with E-state index in [1.54, 1.807) is 13.8 Å². The maximum atomic E-state index is 13.3. The lowest BCUT2D eigenvalue weighted by atomic mass is 10.0. The zero-order chi connectivity index (χ0) is 21.8. The Labute approximate surface area is 174 Å². The summed E-state index contributed by atoms with van der Waals surface area (Å²) in [6.45, 7) is 4.05. The Kier molecular flexibility index (Phi) is 6.66. The molecular formula is C22H25FN2O5. The van der Waals surface area contributed by atoms with Gasteiger partial charge in [0.2, 0.25) is 0 Å². The fourth-order valence-electron chi connectivity index (χ4n) is 3.76. The van der Waals surface area contributed by atoms with Gasteiger partial charge in [-0.1, -0.05) is 0 Å². The number of H-pyrrole nitrogens is 1. The lowest BCUT2D eigenvalue weighted by Crippen LogP contribution is -2.41. The van der Waals surface area contributed by atoms with Crippen molar-refractivity contribution in [1.29, 1.82) is 0 Å². The molecule has 2 aromatic rings. The van der Waals surface area contributed by atoms with E-state index in [4.69, 9.17) is 9.47 Å². The Morgan fingerprint density at radius 3 is 2.53 bits per heavy atom. The Morgan fingerprint density at radius 1 is 1.23 bits per heavy atom. The van der Waals surface area contributed by atoms with E-state index in [-0.39, 0.29) is 36.6 Å². The van der Waals surface area contributed by atoms with Gasteiger partial charge in [0.1, 0.15) is 11.5 Å². The molecule has 7 nitrogen and oxygen atoms in total. The molecule has 1 aliphatic heterocycles. The minimum absolute atomic E-state index is 0.152. The van der Waals surface area contributed by atoms with Crippen molar-refractivity contribution in [3.8, 4) is 0 Å². The van der Waals surface area contributed by atoms with Crippen LogP contribution in [0.25, 0.3) is 0 Å². The number of aromatic amines is 1. The molecule has 3 rings (SSSR count). The molecule has 1 N–H and O–H groups in total. The Morgan fingerprint density at radius 2 is 1.93 bits per heavy atom. The maximum absolute atomic E-state index is 13.3. The topological polar surface area (TPSA) is 88.7 Å². The fraction of sp³-hybridized carbons (Fsp3) is 0.409. The summed E-state index contributed by atoms with van der Waals surface area (Å²) in [6, 6.07) is 5.21. The van der Waals surface area contributed by atoms with Crippen molar-refractivity contribution in [1.82, 2.24) is 9.88 Å². The van der Waals surface area contributed by atoms with Gasteiger partial charge in [0, 0.05) is 30.0 Å². The van der Waals surface area contributed by atoms with Gasteiger partial charge >= 0.3 is 5.97 Å². The smallest absolute Gasteiger partial charge is 0.354 e. The summed E-state index contributed by atoms with van der Waals surface area (Å²) in [4.78, 5) is 42.4. The van der Waals surface area contributed by atoms with Gasteiger partial charge in [-0.3, -0.25) is 9.59 Å². The Hall–Kier alpha value is -3.00. The van der Waals surface area contributed by atoms with Gasteiger partial charge in [0.25, 0.3) is 5.91 Å². The SMILES string of the molecule is COC(=O)c1[nH]c(C)c(C(=O)CN(CC2CCCO2)C(=O)c2ccc(F)cc2)c1C. The van der Waals surface area contributed by atoms with Gasteiger partial charge in [0.05, 0.1) is 19.8 Å². The molecule has 0 spiro atoms. The first-order valence-corrected chi connectivity index (χ1v) is 9.79. The predicted octanol–water partition coefficient (Wildman–Crippen LogP) is 3.06. The number of Topliss-reactive ketones (excluding diaryl/α,β-unsaturated/α-hetero) is 1. The van der Waals surface area contributed by atoms with Gasteiger partial charge in [-0.05, 0) is 56.5 Å². The molecule has 2 heterocycles. The Balaban J connectivity index is 1.86. The average molecular weight is 416 g/mol. The minimum Gasteiger partial charge on any atom is -0.464 e. The number of halogens is 1. The van der Waals surface area contributed by atoms with E-state index in [9.17, 15) is 18.8 Å². The van der Waals surface area contributed by atoms with Crippen LogP contribution in [0.1, 0.15) is 55.3 Å². The molecule has 1 unspecified atom stereocenters. The lowest BCUT2D eigenvalue weighted by Gasteiger charge is -2.25. The minimum atomic E-state index is -0.562. The molecule has 0 radical (unpaired) electrons. The number of aryl methyl sites for hydroxylation is 1. The van der Waals surface area contributed by atoms with Crippen LogP contribution in [0.2, 0.25) is 0 Å². The summed E-state index contributed by atoms with van der Waals surface area (Å²) in [5.74, 6) is -1.68. The number of nitrogens with one attached hydrogen (secondary N) is 1. The first-order chi connectivity index (χ1) is 14.3. The monoisotopic (exact) mass is 416 g/mol. The highest BCUT2D eigenvalue weighted by atomic mass is 19.1. The van der Waals surface area contributed by atoms with Crippen LogP contribution < -0.4 is 0 Å². The molecule has 1 amide bonds. The summed E-state index contributed by atoms with van der Waals surface area (Å²) < 4.78 is 23.6. The summed E-state index contributed by atoms with van der Waals surface area (Å²) in [5.41, 5.74) is 1.88. The normalized spacial score (nSPS) is 15.8. The van der Waals surface area contributed by atoms with Crippen molar-refractivity contribution in [2.45, 2.75) is 32.8 Å². The summed E-state index contributed by atoms with van der Waals surface area (Å²) in [5, 5.41) is 0. The molecule has 160 valence electrons. The molecule has 1 aromatic carbocycles. The molecule has 0 saturated carbocycles. The van der Waals surface area contributed by atoms with Crippen LogP contribution in [0.5, 0.6) is 0 Å².